The number of hydrogen-bond acceptors (Lipinski definition) is 3. The second-order valence-electron chi connectivity index (χ2n) is 2.92. The van der Waals surface area contributed by atoms with Crippen LogP contribution in [0.4, 0.5) is 5.69 Å². The van der Waals surface area contributed by atoms with Crippen molar-refractivity contribution in [2.75, 3.05) is 25.1 Å². The van der Waals surface area contributed by atoms with Gasteiger partial charge in [0, 0.05) is 26.0 Å². The van der Waals surface area contributed by atoms with Crippen LogP contribution in [0.2, 0.25) is 0 Å². The van der Waals surface area contributed by atoms with Crippen LogP contribution >= 0.6 is 12.2 Å². The number of anilines is 1. The van der Waals surface area contributed by atoms with Crippen molar-refractivity contribution in [2.45, 2.75) is 13.3 Å². The molecule has 0 amide bonds. The summed E-state index contributed by atoms with van der Waals surface area (Å²) >= 11 is 5.08. The molecule has 1 rings (SSSR count). The summed E-state index contributed by atoms with van der Waals surface area (Å²) in [7, 11) is 0. The number of aromatic amines is 1. The molecule has 0 saturated carbocycles. The molecular formula is C9H16N4OS. The Kier molecular flexibility index (Phi) is 5.72. The van der Waals surface area contributed by atoms with E-state index in [0.717, 1.165) is 31.9 Å². The minimum atomic E-state index is 0.605. The van der Waals surface area contributed by atoms with Gasteiger partial charge in [-0.3, -0.25) is 5.10 Å². The Labute approximate surface area is 94.6 Å². The van der Waals surface area contributed by atoms with Gasteiger partial charge in [-0.25, -0.2) is 0 Å². The van der Waals surface area contributed by atoms with Crippen molar-refractivity contribution in [1.82, 2.24) is 15.5 Å². The highest BCUT2D eigenvalue weighted by molar-refractivity contribution is 7.80. The van der Waals surface area contributed by atoms with Crippen LogP contribution in [0.1, 0.15) is 13.3 Å². The number of rotatable bonds is 6. The number of ether oxygens (including phenoxy) is 1. The van der Waals surface area contributed by atoms with Crippen molar-refractivity contribution >= 4 is 23.0 Å². The summed E-state index contributed by atoms with van der Waals surface area (Å²) in [4.78, 5) is 0. The van der Waals surface area contributed by atoms with Gasteiger partial charge < -0.3 is 15.4 Å². The fourth-order valence-electron chi connectivity index (χ4n) is 1.02. The Morgan fingerprint density at radius 2 is 2.53 bits per heavy atom. The lowest BCUT2D eigenvalue weighted by Gasteiger charge is -2.08. The van der Waals surface area contributed by atoms with Gasteiger partial charge in [0.2, 0.25) is 0 Å². The molecule has 1 aromatic heterocycles. The van der Waals surface area contributed by atoms with Crippen molar-refractivity contribution in [3.63, 3.8) is 0 Å². The monoisotopic (exact) mass is 228 g/mol. The summed E-state index contributed by atoms with van der Waals surface area (Å²) in [5.41, 5.74) is 0.859. The third-order valence-corrected chi connectivity index (χ3v) is 1.96. The van der Waals surface area contributed by atoms with Gasteiger partial charge in [-0.15, -0.1) is 0 Å². The van der Waals surface area contributed by atoms with E-state index in [1.54, 1.807) is 12.4 Å². The molecule has 1 heterocycles. The first-order valence-electron chi connectivity index (χ1n) is 4.94. The standard InChI is InChI=1S/C9H16N4OS/c1-2-14-5-3-4-10-9(15)13-8-6-11-12-7-8/h6-7H,2-5H2,1H3,(H,11,12)(H2,10,13,15). The Hall–Kier alpha value is -1.14. The molecular weight excluding hydrogens is 212 g/mol. The van der Waals surface area contributed by atoms with E-state index >= 15 is 0 Å². The second kappa shape index (κ2) is 7.19. The fraction of sp³-hybridized carbons (Fsp3) is 0.556. The molecule has 0 aliphatic heterocycles. The van der Waals surface area contributed by atoms with Gasteiger partial charge in [0.1, 0.15) is 0 Å². The summed E-state index contributed by atoms with van der Waals surface area (Å²) in [6, 6.07) is 0. The maximum Gasteiger partial charge on any atom is 0.170 e. The summed E-state index contributed by atoms with van der Waals surface area (Å²) in [6.07, 6.45) is 4.36. The Balaban J connectivity index is 2.04. The second-order valence-corrected chi connectivity index (χ2v) is 3.33. The van der Waals surface area contributed by atoms with Crippen LogP contribution in [-0.4, -0.2) is 35.1 Å². The summed E-state index contributed by atoms with van der Waals surface area (Å²) in [5.74, 6) is 0. The molecule has 0 unspecified atom stereocenters. The molecule has 0 radical (unpaired) electrons. The maximum absolute atomic E-state index is 5.20. The highest BCUT2D eigenvalue weighted by Crippen LogP contribution is 1.99. The summed E-state index contributed by atoms with van der Waals surface area (Å²) in [6.45, 7) is 4.32. The minimum absolute atomic E-state index is 0.605. The Morgan fingerprint density at radius 1 is 1.67 bits per heavy atom. The molecule has 0 aliphatic rings. The van der Waals surface area contributed by atoms with Gasteiger partial charge in [-0.1, -0.05) is 0 Å². The minimum Gasteiger partial charge on any atom is -0.382 e. The molecule has 6 heteroatoms. The van der Waals surface area contributed by atoms with Crippen molar-refractivity contribution < 1.29 is 4.74 Å². The van der Waals surface area contributed by atoms with Gasteiger partial charge >= 0.3 is 0 Å². The van der Waals surface area contributed by atoms with E-state index in [-0.39, 0.29) is 0 Å². The molecule has 84 valence electrons. The topological polar surface area (TPSA) is 62.0 Å². The first-order valence-corrected chi connectivity index (χ1v) is 5.35. The van der Waals surface area contributed by atoms with Crippen LogP contribution in [0.5, 0.6) is 0 Å². The third kappa shape index (κ3) is 5.34. The van der Waals surface area contributed by atoms with E-state index in [1.807, 2.05) is 6.92 Å². The van der Waals surface area contributed by atoms with Gasteiger partial charge in [0.15, 0.2) is 5.11 Å². The summed E-state index contributed by atoms with van der Waals surface area (Å²) < 4.78 is 5.20. The quantitative estimate of drug-likeness (QED) is 0.503. The van der Waals surface area contributed by atoms with E-state index in [4.69, 9.17) is 17.0 Å². The molecule has 1 aromatic rings. The molecule has 0 fully saturated rings. The van der Waals surface area contributed by atoms with E-state index in [9.17, 15) is 0 Å². The molecule has 3 N–H and O–H groups in total. The van der Waals surface area contributed by atoms with Crippen LogP contribution in [0.25, 0.3) is 0 Å². The lowest BCUT2D eigenvalue weighted by molar-refractivity contribution is 0.146. The number of thiocarbonyl (C=S) groups is 1. The highest BCUT2D eigenvalue weighted by atomic mass is 32.1. The average molecular weight is 228 g/mol. The number of aromatic nitrogens is 2. The van der Waals surface area contributed by atoms with Crippen molar-refractivity contribution in [3.8, 4) is 0 Å². The molecule has 0 saturated heterocycles. The van der Waals surface area contributed by atoms with Crippen LogP contribution in [0.3, 0.4) is 0 Å². The van der Waals surface area contributed by atoms with Gasteiger partial charge in [-0.2, -0.15) is 5.10 Å². The van der Waals surface area contributed by atoms with Crippen LogP contribution < -0.4 is 10.6 Å². The Bertz CT molecular complexity index is 276. The van der Waals surface area contributed by atoms with Crippen LogP contribution in [0.15, 0.2) is 12.4 Å². The molecule has 0 bridgehead atoms. The number of nitrogens with one attached hydrogen (secondary N) is 3. The van der Waals surface area contributed by atoms with E-state index in [0.29, 0.717) is 5.11 Å². The predicted octanol–water partition coefficient (Wildman–Crippen LogP) is 1.12. The van der Waals surface area contributed by atoms with Gasteiger partial charge in [0.05, 0.1) is 11.9 Å². The van der Waals surface area contributed by atoms with Gasteiger partial charge in [-0.05, 0) is 25.6 Å². The van der Waals surface area contributed by atoms with Crippen molar-refractivity contribution in [3.05, 3.63) is 12.4 Å². The lowest BCUT2D eigenvalue weighted by Crippen LogP contribution is -2.29. The molecule has 0 aliphatic carbocycles. The first-order chi connectivity index (χ1) is 7.33. The number of nitrogens with zero attached hydrogens (tertiary/aromatic N) is 1. The predicted molar refractivity (Wildman–Crippen MR) is 63.9 cm³/mol. The van der Waals surface area contributed by atoms with E-state index < -0.39 is 0 Å². The third-order valence-electron chi connectivity index (χ3n) is 1.71. The van der Waals surface area contributed by atoms with Crippen LogP contribution in [0, 0.1) is 0 Å². The number of hydrogen-bond donors (Lipinski definition) is 3. The number of H-pyrrole nitrogens is 1. The maximum atomic E-state index is 5.20. The zero-order chi connectivity index (χ0) is 10.9. The van der Waals surface area contributed by atoms with Crippen molar-refractivity contribution in [1.29, 1.82) is 0 Å². The smallest absolute Gasteiger partial charge is 0.170 e. The van der Waals surface area contributed by atoms with E-state index in [2.05, 4.69) is 20.8 Å². The SMILES string of the molecule is CCOCCCNC(=S)Nc1cn[nH]c1. The largest absolute Gasteiger partial charge is 0.382 e. The van der Waals surface area contributed by atoms with Gasteiger partial charge in [0.25, 0.3) is 0 Å². The lowest BCUT2D eigenvalue weighted by atomic mass is 10.4. The molecule has 15 heavy (non-hydrogen) atoms. The Morgan fingerprint density at radius 3 is 3.20 bits per heavy atom. The molecule has 5 nitrogen and oxygen atoms in total. The first kappa shape index (κ1) is 11.9. The molecule has 0 aromatic carbocycles. The highest BCUT2D eigenvalue weighted by Gasteiger charge is 1.96. The van der Waals surface area contributed by atoms with E-state index in [1.165, 1.54) is 0 Å². The zero-order valence-electron chi connectivity index (χ0n) is 8.75. The van der Waals surface area contributed by atoms with Crippen LogP contribution in [-0.2, 0) is 4.74 Å². The molecule has 0 atom stereocenters. The zero-order valence-corrected chi connectivity index (χ0v) is 9.56. The fourth-order valence-corrected chi connectivity index (χ4v) is 1.23. The molecule has 0 spiro atoms. The normalized spacial score (nSPS) is 9.93. The van der Waals surface area contributed by atoms with Crippen molar-refractivity contribution in [2.24, 2.45) is 0 Å². The summed E-state index contributed by atoms with van der Waals surface area (Å²) in [5, 5.41) is 13.2. The average Bonchev–Trinajstić information content (AvgIpc) is 2.70.